The van der Waals surface area contributed by atoms with Crippen LogP contribution in [-0.4, -0.2) is 39.0 Å². The summed E-state index contributed by atoms with van der Waals surface area (Å²) >= 11 is 2.82. The molecule has 0 bridgehead atoms. The lowest BCUT2D eigenvalue weighted by atomic mass is 9.88. The molecule has 9 heteroatoms. The van der Waals surface area contributed by atoms with Crippen LogP contribution >= 0.6 is 23.1 Å². The van der Waals surface area contributed by atoms with Gasteiger partial charge in [0.15, 0.2) is 5.16 Å². The summed E-state index contributed by atoms with van der Waals surface area (Å²) in [5, 5.41) is 12.9. The number of fused-ring (bicyclic) bond motifs is 1. The molecular weight excluding hydrogens is 480 g/mol. The van der Waals surface area contributed by atoms with Gasteiger partial charge in [-0.25, -0.2) is 4.79 Å². The van der Waals surface area contributed by atoms with Crippen molar-refractivity contribution in [3.8, 4) is 0 Å². The smallest absolute Gasteiger partial charge is 0.341 e. The molecule has 2 aromatic heterocycles. The topological polar surface area (TPSA) is 86.1 Å². The Hall–Kier alpha value is -2.91. The van der Waals surface area contributed by atoms with E-state index in [4.69, 9.17) is 4.74 Å². The monoisotopic (exact) mass is 510 g/mol. The normalized spacial score (nSPS) is 14.9. The average molecular weight is 511 g/mol. The second-order valence-electron chi connectivity index (χ2n) is 8.57. The van der Waals surface area contributed by atoms with Crippen LogP contribution in [0.2, 0.25) is 0 Å². The summed E-state index contributed by atoms with van der Waals surface area (Å²) in [5.74, 6) is 0.992. The minimum Gasteiger partial charge on any atom is -0.462 e. The number of hydrogen-bond acceptors (Lipinski definition) is 7. The van der Waals surface area contributed by atoms with E-state index in [0.717, 1.165) is 36.2 Å². The number of nitrogens with zero attached hydrogens (tertiary/aromatic N) is 3. The first-order valence-corrected chi connectivity index (χ1v) is 13.6. The maximum Gasteiger partial charge on any atom is 0.341 e. The highest BCUT2D eigenvalue weighted by molar-refractivity contribution is 7.99. The zero-order valence-electron chi connectivity index (χ0n) is 20.1. The SMILES string of the molecule is C=CCn1c(Cc2ccccc2)nnc1SCC(=O)Nc1sc2c(c1C(=O)OCC)CCC(C)C2. The van der Waals surface area contributed by atoms with Gasteiger partial charge in [0.1, 0.15) is 10.8 Å². The Morgan fingerprint density at radius 1 is 1.31 bits per heavy atom. The van der Waals surface area contributed by atoms with E-state index in [9.17, 15) is 9.59 Å². The first-order valence-electron chi connectivity index (χ1n) is 11.8. The number of nitrogens with one attached hydrogen (secondary N) is 1. The summed E-state index contributed by atoms with van der Waals surface area (Å²) in [6, 6.07) is 10.1. The summed E-state index contributed by atoms with van der Waals surface area (Å²) in [4.78, 5) is 26.8. The van der Waals surface area contributed by atoms with Crippen LogP contribution in [0.5, 0.6) is 0 Å². The van der Waals surface area contributed by atoms with Gasteiger partial charge in [0.25, 0.3) is 0 Å². The maximum atomic E-state index is 12.9. The molecule has 1 N–H and O–H groups in total. The molecule has 35 heavy (non-hydrogen) atoms. The van der Waals surface area contributed by atoms with Crippen molar-refractivity contribution < 1.29 is 14.3 Å². The van der Waals surface area contributed by atoms with Gasteiger partial charge in [-0.2, -0.15) is 0 Å². The molecule has 7 nitrogen and oxygen atoms in total. The highest BCUT2D eigenvalue weighted by atomic mass is 32.2. The largest absolute Gasteiger partial charge is 0.462 e. The lowest BCUT2D eigenvalue weighted by molar-refractivity contribution is -0.113. The molecule has 3 aromatic rings. The van der Waals surface area contributed by atoms with Crippen LogP contribution in [0.4, 0.5) is 5.00 Å². The molecule has 0 saturated heterocycles. The zero-order chi connectivity index (χ0) is 24.8. The Balaban J connectivity index is 1.47. The first kappa shape index (κ1) is 25.2. The quantitative estimate of drug-likeness (QED) is 0.231. The van der Waals surface area contributed by atoms with Gasteiger partial charge in [0, 0.05) is 17.8 Å². The molecule has 184 valence electrons. The number of thiophene rings is 1. The number of carbonyl (C=O) groups excluding carboxylic acids is 2. The van der Waals surface area contributed by atoms with Crippen LogP contribution in [-0.2, 0) is 35.3 Å². The van der Waals surface area contributed by atoms with Gasteiger partial charge in [0.05, 0.1) is 17.9 Å². The molecule has 2 heterocycles. The number of benzene rings is 1. The second-order valence-corrected chi connectivity index (χ2v) is 10.6. The number of aromatic nitrogens is 3. The van der Waals surface area contributed by atoms with E-state index in [1.165, 1.54) is 28.0 Å². The van der Waals surface area contributed by atoms with E-state index in [2.05, 4.69) is 41.1 Å². The average Bonchev–Trinajstić information content (AvgIpc) is 3.38. The number of carbonyl (C=O) groups is 2. The highest BCUT2D eigenvalue weighted by Gasteiger charge is 2.29. The molecule has 1 aromatic carbocycles. The second kappa shape index (κ2) is 11.7. The molecule has 4 rings (SSSR count). The summed E-state index contributed by atoms with van der Waals surface area (Å²) in [6.07, 6.45) is 5.23. The molecule has 1 aliphatic carbocycles. The fourth-order valence-corrected chi connectivity index (χ4v) is 6.38. The minimum atomic E-state index is -0.362. The van der Waals surface area contributed by atoms with E-state index >= 15 is 0 Å². The van der Waals surface area contributed by atoms with E-state index in [-0.39, 0.29) is 17.6 Å². The summed E-state index contributed by atoms with van der Waals surface area (Å²) in [6.45, 7) is 8.71. The lowest BCUT2D eigenvalue weighted by Crippen LogP contribution is -2.18. The third-order valence-electron chi connectivity index (χ3n) is 5.89. The minimum absolute atomic E-state index is 0.155. The van der Waals surface area contributed by atoms with Crippen LogP contribution in [0, 0.1) is 5.92 Å². The van der Waals surface area contributed by atoms with Crippen LogP contribution < -0.4 is 5.32 Å². The van der Waals surface area contributed by atoms with E-state index in [1.807, 2.05) is 22.8 Å². The van der Waals surface area contributed by atoms with Gasteiger partial charge in [-0.05, 0) is 43.2 Å². The Bertz CT molecular complexity index is 1200. The molecule has 1 amide bonds. The molecule has 0 fully saturated rings. The van der Waals surface area contributed by atoms with Crippen molar-refractivity contribution in [2.45, 2.75) is 51.2 Å². The van der Waals surface area contributed by atoms with Crippen molar-refractivity contribution in [3.05, 3.63) is 70.4 Å². The fourth-order valence-electron chi connectivity index (χ4n) is 4.20. The lowest BCUT2D eigenvalue weighted by Gasteiger charge is -2.18. The Morgan fingerprint density at radius 3 is 2.86 bits per heavy atom. The van der Waals surface area contributed by atoms with Gasteiger partial charge in [0.2, 0.25) is 5.91 Å². The Kier molecular flexibility index (Phi) is 8.41. The first-order chi connectivity index (χ1) is 17.0. The number of ether oxygens (including phenoxy) is 1. The highest BCUT2D eigenvalue weighted by Crippen LogP contribution is 2.40. The molecule has 1 aliphatic rings. The third kappa shape index (κ3) is 6.02. The van der Waals surface area contributed by atoms with Gasteiger partial charge in [-0.15, -0.1) is 28.1 Å². The van der Waals surface area contributed by atoms with Crippen molar-refractivity contribution in [2.75, 3.05) is 17.7 Å². The standard InChI is InChI=1S/C26H30N4O3S2/c1-4-13-30-21(15-18-9-7-6-8-10-18)28-29-26(30)34-16-22(31)27-24-23(25(32)33-5-2)19-12-11-17(3)14-20(19)35-24/h4,6-10,17H,1,5,11-16H2,2-3H3,(H,27,31). The number of anilines is 1. The Morgan fingerprint density at radius 2 is 2.11 bits per heavy atom. The summed E-state index contributed by atoms with van der Waals surface area (Å²) < 4.78 is 7.28. The van der Waals surface area contributed by atoms with Crippen molar-refractivity contribution in [1.82, 2.24) is 14.8 Å². The molecule has 0 aliphatic heterocycles. The number of esters is 1. The molecular formula is C26H30N4O3S2. The van der Waals surface area contributed by atoms with Crippen LogP contribution in [0.25, 0.3) is 0 Å². The molecule has 0 radical (unpaired) electrons. The third-order valence-corrected chi connectivity index (χ3v) is 8.02. The van der Waals surface area contributed by atoms with Crippen molar-refractivity contribution in [1.29, 1.82) is 0 Å². The van der Waals surface area contributed by atoms with Crippen LogP contribution in [0.15, 0.2) is 48.1 Å². The number of thioether (sulfide) groups is 1. The van der Waals surface area contributed by atoms with Crippen LogP contribution in [0.3, 0.4) is 0 Å². The summed E-state index contributed by atoms with van der Waals surface area (Å²) in [7, 11) is 0. The van der Waals surface area contributed by atoms with Gasteiger partial charge >= 0.3 is 5.97 Å². The van der Waals surface area contributed by atoms with E-state index in [0.29, 0.717) is 41.2 Å². The summed E-state index contributed by atoms with van der Waals surface area (Å²) in [5.41, 5.74) is 2.70. The predicted molar refractivity (Wildman–Crippen MR) is 140 cm³/mol. The number of amides is 1. The molecule has 0 saturated carbocycles. The van der Waals surface area contributed by atoms with Crippen LogP contribution in [0.1, 0.15) is 52.5 Å². The van der Waals surface area contributed by atoms with E-state index in [1.54, 1.807) is 13.0 Å². The molecule has 0 spiro atoms. The van der Waals surface area contributed by atoms with E-state index < -0.39 is 0 Å². The number of allylic oxidation sites excluding steroid dienone is 1. The zero-order valence-corrected chi connectivity index (χ0v) is 21.7. The Labute approximate surface area is 214 Å². The van der Waals surface area contributed by atoms with Gasteiger partial charge < -0.3 is 14.6 Å². The number of rotatable bonds is 10. The fraction of sp³-hybridized carbons (Fsp3) is 0.385. The van der Waals surface area contributed by atoms with Gasteiger partial charge in [-0.1, -0.05) is 55.1 Å². The molecule has 1 unspecified atom stereocenters. The van der Waals surface area contributed by atoms with Crippen molar-refractivity contribution >= 4 is 40.0 Å². The van der Waals surface area contributed by atoms with Crippen molar-refractivity contribution in [3.63, 3.8) is 0 Å². The van der Waals surface area contributed by atoms with Gasteiger partial charge in [-0.3, -0.25) is 4.79 Å². The number of hydrogen-bond donors (Lipinski definition) is 1. The molecule has 1 atom stereocenters. The predicted octanol–water partition coefficient (Wildman–Crippen LogP) is 5.15. The van der Waals surface area contributed by atoms with Crippen molar-refractivity contribution in [2.24, 2.45) is 5.92 Å². The maximum absolute atomic E-state index is 12.9.